The zero-order valence-electron chi connectivity index (χ0n) is 16.5. The summed E-state index contributed by atoms with van der Waals surface area (Å²) in [5.41, 5.74) is 4.84. The van der Waals surface area contributed by atoms with Crippen LogP contribution in [0.15, 0.2) is 83.1 Å². The van der Waals surface area contributed by atoms with Crippen molar-refractivity contribution >= 4 is 50.8 Å². The quantitative estimate of drug-likeness (QED) is 0.309. The van der Waals surface area contributed by atoms with Crippen LogP contribution in [-0.4, -0.2) is 14.8 Å². The molecule has 6 rings (SSSR count). The van der Waals surface area contributed by atoms with Crippen LogP contribution in [0.3, 0.4) is 0 Å². The largest absolute Gasteiger partial charge is 0.480 e. The highest BCUT2D eigenvalue weighted by Gasteiger charge is 2.41. The lowest BCUT2D eigenvalue weighted by atomic mass is 9.84. The molecule has 0 aliphatic carbocycles. The van der Waals surface area contributed by atoms with Crippen LogP contribution in [0.2, 0.25) is 10.0 Å². The molecular weight excluding hydrogens is 511 g/mol. The molecule has 0 bridgehead atoms. The van der Waals surface area contributed by atoms with Crippen molar-refractivity contribution in [2.75, 3.05) is 5.32 Å². The fourth-order valence-electron chi connectivity index (χ4n) is 4.35. The molecular formula is C24H15BrCl2N4O. The van der Waals surface area contributed by atoms with Gasteiger partial charge in [0.1, 0.15) is 24.2 Å². The van der Waals surface area contributed by atoms with Crippen molar-refractivity contribution in [2.45, 2.75) is 12.1 Å². The Labute approximate surface area is 202 Å². The van der Waals surface area contributed by atoms with Gasteiger partial charge in [-0.25, -0.2) is 4.68 Å². The number of nitrogens with zero attached hydrogens (tertiary/aromatic N) is 3. The third kappa shape index (κ3) is 3.13. The summed E-state index contributed by atoms with van der Waals surface area (Å²) < 4.78 is 9.44. The van der Waals surface area contributed by atoms with E-state index in [2.05, 4.69) is 43.5 Å². The Balaban J connectivity index is 1.64. The van der Waals surface area contributed by atoms with Gasteiger partial charge in [0.2, 0.25) is 5.95 Å². The minimum absolute atomic E-state index is 0.324. The number of benzene rings is 3. The number of rotatable bonds is 2. The molecule has 2 atom stereocenters. The van der Waals surface area contributed by atoms with Gasteiger partial charge in [0.05, 0.1) is 5.70 Å². The van der Waals surface area contributed by atoms with Crippen molar-refractivity contribution in [3.05, 3.63) is 110 Å². The van der Waals surface area contributed by atoms with E-state index in [1.807, 2.05) is 53.2 Å². The number of ether oxygens (including phenoxy) is 1. The van der Waals surface area contributed by atoms with Crippen LogP contribution >= 0.6 is 39.1 Å². The van der Waals surface area contributed by atoms with Gasteiger partial charge in [-0.15, -0.1) is 0 Å². The van der Waals surface area contributed by atoms with E-state index < -0.39 is 0 Å². The average molecular weight is 526 g/mol. The third-order valence-corrected chi connectivity index (χ3v) is 6.84. The fraction of sp³-hybridized carbons (Fsp3) is 0.0833. The van der Waals surface area contributed by atoms with E-state index in [9.17, 15) is 0 Å². The second kappa shape index (κ2) is 7.66. The Bertz CT molecular complexity index is 1380. The number of fused-ring (bicyclic) bond motifs is 3. The molecule has 3 heterocycles. The first kappa shape index (κ1) is 19.9. The second-order valence-corrected chi connectivity index (χ2v) is 9.36. The molecule has 32 heavy (non-hydrogen) atoms. The van der Waals surface area contributed by atoms with Crippen LogP contribution in [-0.2, 0) is 0 Å². The maximum atomic E-state index is 6.71. The van der Waals surface area contributed by atoms with Gasteiger partial charge in [0.15, 0.2) is 0 Å². The van der Waals surface area contributed by atoms with E-state index >= 15 is 0 Å². The Morgan fingerprint density at radius 2 is 1.81 bits per heavy atom. The molecule has 0 amide bonds. The first-order valence-corrected chi connectivity index (χ1v) is 11.5. The summed E-state index contributed by atoms with van der Waals surface area (Å²) in [5.74, 6) is 1.45. The number of hydrogen-bond donors (Lipinski definition) is 1. The highest BCUT2D eigenvalue weighted by atomic mass is 79.9. The first-order chi connectivity index (χ1) is 15.6. The van der Waals surface area contributed by atoms with Crippen molar-refractivity contribution in [3.8, 4) is 5.75 Å². The number of hydrogen-bond acceptors (Lipinski definition) is 4. The normalized spacial score (nSPS) is 18.8. The van der Waals surface area contributed by atoms with E-state index in [4.69, 9.17) is 27.9 Å². The first-order valence-electron chi connectivity index (χ1n) is 9.97. The molecule has 0 fully saturated rings. The lowest BCUT2D eigenvalue weighted by molar-refractivity contribution is 0.223. The predicted octanol–water partition coefficient (Wildman–Crippen LogP) is 6.91. The standard InChI is InChI=1S/C24H15BrCl2N4O/c25-14-7-5-13(6-8-14)23-20-21(17-3-1-2-4-19(17)32-23)30-24-28-12-29-31(24)22(20)16-10-9-15(26)11-18(16)27/h1-12,22-23H,(H,28,29,30)/t22-,23+/m0/s1. The fourth-order valence-corrected chi connectivity index (χ4v) is 5.13. The molecule has 0 radical (unpaired) electrons. The molecule has 2 aliphatic rings. The summed E-state index contributed by atoms with van der Waals surface area (Å²) in [6, 6.07) is 21.4. The van der Waals surface area contributed by atoms with E-state index in [1.165, 1.54) is 0 Å². The lowest BCUT2D eigenvalue weighted by Gasteiger charge is -2.39. The lowest BCUT2D eigenvalue weighted by Crippen LogP contribution is -2.32. The van der Waals surface area contributed by atoms with Crippen LogP contribution in [0.4, 0.5) is 5.95 Å². The van der Waals surface area contributed by atoms with Crippen LogP contribution in [0, 0.1) is 0 Å². The number of anilines is 1. The van der Waals surface area contributed by atoms with Gasteiger partial charge in [-0.2, -0.15) is 10.1 Å². The van der Waals surface area contributed by atoms with Crippen molar-refractivity contribution in [2.24, 2.45) is 0 Å². The summed E-state index contributed by atoms with van der Waals surface area (Å²) >= 11 is 16.4. The summed E-state index contributed by atoms with van der Waals surface area (Å²) in [7, 11) is 0. The van der Waals surface area contributed by atoms with Gasteiger partial charge < -0.3 is 10.1 Å². The smallest absolute Gasteiger partial charge is 0.226 e. The summed E-state index contributed by atoms with van der Waals surface area (Å²) in [5, 5.41) is 9.15. The molecule has 1 aromatic heterocycles. The van der Waals surface area contributed by atoms with E-state index in [0.717, 1.165) is 38.2 Å². The van der Waals surface area contributed by atoms with Crippen molar-refractivity contribution in [3.63, 3.8) is 0 Å². The molecule has 0 unspecified atom stereocenters. The van der Waals surface area contributed by atoms with Gasteiger partial charge >= 0.3 is 0 Å². The van der Waals surface area contributed by atoms with E-state index in [1.54, 1.807) is 12.4 Å². The zero-order chi connectivity index (χ0) is 21.8. The zero-order valence-corrected chi connectivity index (χ0v) is 19.6. The summed E-state index contributed by atoms with van der Waals surface area (Å²) in [6.07, 6.45) is 1.19. The molecule has 0 saturated heterocycles. The van der Waals surface area contributed by atoms with Crippen LogP contribution in [0.1, 0.15) is 28.8 Å². The maximum absolute atomic E-state index is 6.71. The molecule has 1 N–H and O–H groups in total. The minimum Gasteiger partial charge on any atom is -0.480 e. The molecule has 3 aromatic carbocycles. The molecule has 0 spiro atoms. The van der Waals surface area contributed by atoms with Gasteiger partial charge in [-0.1, -0.05) is 69.5 Å². The Hall–Kier alpha value is -2.80. The monoisotopic (exact) mass is 524 g/mol. The topological polar surface area (TPSA) is 52.0 Å². The Morgan fingerprint density at radius 1 is 1.00 bits per heavy atom. The van der Waals surface area contributed by atoms with E-state index in [-0.39, 0.29) is 12.1 Å². The van der Waals surface area contributed by atoms with Gasteiger partial charge in [-0.3, -0.25) is 0 Å². The average Bonchev–Trinajstić information content (AvgIpc) is 3.27. The van der Waals surface area contributed by atoms with Gasteiger partial charge in [0, 0.05) is 25.7 Å². The van der Waals surface area contributed by atoms with Crippen molar-refractivity contribution in [1.82, 2.24) is 14.8 Å². The van der Waals surface area contributed by atoms with Gasteiger partial charge in [-0.05, 0) is 47.5 Å². The van der Waals surface area contributed by atoms with Crippen molar-refractivity contribution in [1.29, 1.82) is 0 Å². The van der Waals surface area contributed by atoms with Crippen molar-refractivity contribution < 1.29 is 4.74 Å². The molecule has 158 valence electrons. The number of aromatic nitrogens is 3. The van der Waals surface area contributed by atoms with Crippen LogP contribution in [0.25, 0.3) is 5.70 Å². The van der Waals surface area contributed by atoms with Crippen LogP contribution < -0.4 is 10.1 Å². The molecule has 5 nitrogen and oxygen atoms in total. The number of halogens is 3. The SMILES string of the molecule is Clc1ccc([C@H]2C3=C(Nc4ncnn42)c2ccccc2O[C@@H]3c2ccc(Br)cc2)c(Cl)c1. The third-order valence-electron chi connectivity index (χ3n) is 5.75. The molecule has 4 aromatic rings. The molecule has 0 saturated carbocycles. The highest BCUT2D eigenvalue weighted by molar-refractivity contribution is 9.10. The number of nitrogens with one attached hydrogen (secondary N) is 1. The van der Waals surface area contributed by atoms with Gasteiger partial charge in [0.25, 0.3) is 0 Å². The Morgan fingerprint density at radius 3 is 2.62 bits per heavy atom. The molecule has 8 heteroatoms. The number of para-hydroxylation sites is 1. The predicted molar refractivity (Wildman–Crippen MR) is 129 cm³/mol. The second-order valence-electron chi connectivity index (χ2n) is 7.60. The van der Waals surface area contributed by atoms with Crippen LogP contribution in [0.5, 0.6) is 5.75 Å². The minimum atomic E-state index is -0.352. The maximum Gasteiger partial charge on any atom is 0.226 e. The Kier molecular flexibility index (Phi) is 4.75. The van der Waals surface area contributed by atoms with E-state index in [0.29, 0.717) is 16.0 Å². The molecule has 2 aliphatic heterocycles. The summed E-state index contributed by atoms with van der Waals surface area (Å²) in [6.45, 7) is 0. The summed E-state index contributed by atoms with van der Waals surface area (Å²) in [4.78, 5) is 4.44. The highest BCUT2D eigenvalue weighted by Crippen LogP contribution is 2.51.